The van der Waals surface area contributed by atoms with Crippen molar-refractivity contribution in [3.63, 3.8) is 0 Å². The third-order valence-corrected chi connectivity index (χ3v) is 10.1. The van der Waals surface area contributed by atoms with Crippen LogP contribution in [0.3, 0.4) is 0 Å². The Kier molecular flexibility index (Phi) is 10.7. The van der Waals surface area contributed by atoms with Crippen molar-refractivity contribution in [1.29, 1.82) is 0 Å². The van der Waals surface area contributed by atoms with Crippen LogP contribution in [0.2, 0.25) is 0 Å². The standard InChI is InChI=1S/C37H41N3O4S/c1-29-22-24-31(25-23-29)27-39(35(26-30-14-6-2-7-15-30)37(42)38-32-16-8-3-9-17-32)36(41)28-40(33-18-10-4-11-19-33)45(43,44)34-20-12-5-13-21-34/h2,4-7,10-15,18-25,32,35H,3,8-9,16-17,26-28H2,1H3,(H,38,42)/t35-/m0/s1. The second kappa shape index (κ2) is 15.0. The lowest BCUT2D eigenvalue weighted by atomic mass is 9.94. The fraction of sp³-hybridized carbons (Fsp3) is 0.297. The number of hydrogen-bond donors (Lipinski definition) is 1. The maximum Gasteiger partial charge on any atom is 0.264 e. The maximum absolute atomic E-state index is 14.5. The molecular formula is C37H41N3O4S. The van der Waals surface area contributed by atoms with Gasteiger partial charge in [-0.25, -0.2) is 8.42 Å². The van der Waals surface area contributed by atoms with E-state index in [1.54, 1.807) is 53.4 Å². The Morgan fingerprint density at radius 2 is 1.33 bits per heavy atom. The quantitative estimate of drug-likeness (QED) is 0.201. The number of nitrogens with one attached hydrogen (secondary N) is 1. The molecule has 0 aliphatic heterocycles. The van der Waals surface area contributed by atoms with Gasteiger partial charge in [-0.15, -0.1) is 0 Å². The minimum atomic E-state index is -4.10. The van der Waals surface area contributed by atoms with E-state index < -0.39 is 28.5 Å². The summed E-state index contributed by atoms with van der Waals surface area (Å²) >= 11 is 0. The average molecular weight is 624 g/mol. The first-order chi connectivity index (χ1) is 21.8. The van der Waals surface area contributed by atoms with Gasteiger partial charge < -0.3 is 10.2 Å². The number of aryl methyl sites for hydroxylation is 1. The van der Waals surface area contributed by atoms with Crippen molar-refractivity contribution in [1.82, 2.24) is 10.2 Å². The zero-order valence-electron chi connectivity index (χ0n) is 25.7. The summed E-state index contributed by atoms with van der Waals surface area (Å²) in [5.74, 6) is -0.679. The highest BCUT2D eigenvalue weighted by molar-refractivity contribution is 7.92. The average Bonchev–Trinajstić information content (AvgIpc) is 3.07. The van der Waals surface area contributed by atoms with Crippen LogP contribution in [0.15, 0.2) is 120 Å². The van der Waals surface area contributed by atoms with E-state index >= 15 is 0 Å². The molecule has 1 fully saturated rings. The summed E-state index contributed by atoms with van der Waals surface area (Å²) in [5, 5.41) is 3.25. The number of carbonyl (C=O) groups is 2. The number of anilines is 1. The molecule has 0 bridgehead atoms. The first-order valence-electron chi connectivity index (χ1n) is 15.6. The van der Waals surface area contributed by atoms with Gasteiger partial charge in [-0.05, 0) is 55.2 Å². The number of carbonyl (C=O) groups excluding carboxylic acids is 2. The van der Waals surface area contributed by atoms with Crippen LogP contribution in [0.1, 0.15) is 48.8 Å². The lowest BCUT2D eigenvalue weighted by molar-refractivity contribution is -0.140. The SMILES string of the molecule is Cc1ccc(CN(C(=O)CN(c2ccccc2)S(=O)(=O)c2ccccc2)[C@@H](Cc2ccccc2)C(=O)NC2CCCCC2)cc1. The molecule has 1 N–H and O–H groups in total. The summed E-state index contributed by atoms with van der Waals surface area (Å²) in [4.78, 5) is 30.3. The number of benzene rings is 4. The van der Waals surface area contributed by atoms with Crippen LogP contribution in [0.4, 0.5) is 5.69 Å². The van der Waals surface area contributed by atoms with Crippen LogP contribution in [0.5, 0.6) is 0 Å². The fourth-order valence-electron chi connectivity index (χ4n) is 5.83. The lowest BCUT2D eigenvalue weighted by Crippen LogP contribution is -2.55. The fourth-order valence-corrected chi connectivity index (χ4v) is 7.27. The monoisotopic (exact) mass is 623 g/mol. The molecule has 5 rings (SSSR count). The van der Waals surface area contributed by atoms with Crippen molar-refractivity contribution in [2.24, 2.45) is 0 Å². The summed E-state index contributed by atoms with van der Waals surface area (Å²) < 4.78 is 29.2. The summed E-state index contributed by atoms with van der Waals surface area (Å²) in [7, 11) is -4.10. The zero-order valence-corrected chi connectivity index (χ0v) is 26.5. The van der Waals surface area contributed by atoms with Crippen LogP contribution < -0.4 is 9.62 Å². The molecule has 1 aliphatic carbocycles. The Hall–Kier alpha value is -4.43. The number of sulfonamides is 1. The molecule has 0 heterocycles. The van der Waals surface area contributed by atoms with Gasteiger partial charge in [0.15, 0.2) is 0 Å². The largest absolute Gasteiger partial charge is 0.352 e. The molecule has 0 unspecified atom stereocenters. The number of rotatable bonds is 12. The molecule has 234 valence electrons. The van der Waals surface area contributed by atoms with Gasteiger partial charge in [-0.3, -0.25) is 13.9 Å². The second-order valence-corrected chi connectivity index (χ2v) is 13.6. The minimum absolute atomic E-state index is 0.0557. The van der Waals surface area contributed by atoms with Crippen LogP contribution in [0, 0.1) is 6.92 Å². The van der Waals surface area contributed by atoms with Crippen LogP contribution in [0.25, 0.3) is 0 Å². The van der Waals surface area contributed by atoms with Gasteiger partial charge in [0.1, 0.15) is 12.6 Å². The van der Waals surface area contributed by atoms with E-state index in [2.05, 4.69) is 5.32 Å². The third-order valence-electron chi connectivity index (χ3n) is 8.35. The molecule has 1 saturated carbocycles. The second-order valence-electron chi connectivity index (χ2n) is 11.7. The van der Waals surface area contributed by atoms with Gasteiger partial charge >= 0.3 is 0 Å². The first kappa shape index (κ1) is 32.0. The molecule has 0 aromatic heterocycles. The molecule has 45 heavy (non-hydrogen) atoms. The predicted octanol–water partition coefficient (Wildman–Crippen LogP) is 6.28. The maximum atomic E-state index is 14.5. The van der Waals surface area contributed by atoms with E-state index in [1.165, 1.54) is 12.1 Å². The Balaban J connectivity index is 1.54. The van der Waals surface area contributed by atoms with Crippen LogP contribution >= 0.6 is 0 Å². The first-order valence-corrected chi connectivity index (χ1v) is 17.1. The normalized spacial score (nSPS) is 14.3. The van der Waals surface area contributed by atoms with E-state index in [9.17, 15) is 18.0 Å². The molecule has 0 saturated heterocycles. The Morgan fingerprint density at radius 3 is 1.96 bits per heavy atom. The number of hydrogen-bond acceptors (Lipinski definition) is 4. The van der Waals surface area contributed by atoms with E-state index in [-0.39, 0.29) is 23.4 Å². The minimum Gasteiger partial charge on any atom is -0.352 e. The molecule has 4 aromatic rings. The number of nitrogens with zero attached hydrogens (tertiary/aromatic N) is 2. The predicted molar refractivity (Wildman–Crippen MR) is 178 cm³/mol. The van der Waals surface area contributed by atoms with Crippen molar-refractivity contribution in [3.05, 3.63) is 132 Å². The topological polar surface area (TPSA) is 86.8 Å². The highest BCUT2D eigenvalue weighted by Crippen LogP contribution is 2.25. The summed E-state index contributed by atoms with van der Waals surface area (Å²) in [6.45, 7) is 1.69. The summed E-state index contributed by atoms with van der Waals surface area (Å²) in [6, 6.07) is 33.5. The van der Waals surface area contributed by atoms with Gasteiger partial charge in [-0.1, -0.05) is 116 Å². The molecular weight excluding hydrogens is 582 g/mol. The smallest absolute Gasteiger partial charge is 0.264 e. The van der Waals surface area contributed by atoms with E-state index in [1.807, 2.05) is 61.5 Å². The Bertz CT molecular complexity index is 1640. The summed E-state index contributed by atoms with van der Waals surface area (Å²) in [6.07, 6.45) is 5.39. The van der Waals surface area contributed by atoms with Crippen molar-refractivity contribution < 1.29 is 18.0 Å². The molecule has 4 aromatic carbocycles. The van der Waals surface area contributed by atoms with Crippen molar-refractivity contribution >= 4 is 27.5 Å². The highest BCUT2D eigenvalue weighted by Gasteiger charge is 2.35. The number of para-hydroxylation sites is 1. The lowest BCUT2D eigenvalue weighted by Gasteiger charge is -2.35. The Morgan fingerprint density at radius 1 is 0.756 bits per heavy atom. The van der Waals surface area contributed by atoms with Gasteiger partial charge in [0.05, 0.1) is 10.6 Å². The molecule has 0 spiro atoms. The molecule has 1 atom stereocenters. The van der Waals surface area contributed by atoms with E-state index in [4.69, 9.17) is 0 Å². The van der Waals surface area contributed by atoms with E-state index in [0.717, 1.165) is 53.1 Å². The van der Waals surface area contributed by atoms with Gasteiger partial charge in [0.25, 0.3) is 10.0 Å². The van der Waals surface area contributed by atoms with Gasteiger partial charge in [0.2, 0.25) is 11.8 Å². The third kappa shape index (κ3) is 8.39. The van der Waals surface area contributed by atoms with Crippen molar-refractivity contribution in [2.45, 2.75) is 69.0 Å². The molecule has 7 nitrogen and oxygen atoms in total. The molecule has 0 radical (unpaired) electrons. The Labute approximate surface area is 266 Å². The number of amides is 2. The van der Waals surface area contributed by atoms with Crippen LogP contribution in [-0.2, 0) is 32.6 Å². The van der Waals surface area contributed by atoms with E-state index in [0.29, 0.717) is 12.1 Å². The molecule has 2 amide bonds. The van der Waals surface area contributed by atoms with Crippen molar-refractivity contribution in [2.75, 3.05) is 10.8 Å². The van der Waals surface area contributed by atoms with Crippen LogP contribution in [-0.4, -0.2) is 43.8 Å². The van der Waals surface area contributed by atoms with Crippen molar-refractivity contribution in [3.8, 4) is 0 Å². The highest BCUT2D eigenvalue weighted by atomic mass is 32.2. The zero-order chi connectivity index (χ0) is 31.6. The van der Waals surface area contributed by atoms with Gasteiger partial charge in [-0.2, -0.15) is 0 Å². The van der Waals surface area contributed by atoms with Gasteiger partial charge in [0, 0.05) is 19.0 Å². The summed E-state index contributed by atoms with van der Waals surface area (Å²) in [5.41, 5.74) is 3.22. The molecule has 1 aliphatic rings. The molecule has 8 heteroatoms.